The Hall–Kier alpha value is -2.10. The predicted octanol–water partition coefficient (Wildman–Crippen LogP) is 4.18. The van der Waals surface area contributed by atoms with E-state index in [1.165, 1.54) is 18.2 Å². The van der Waals surface area contributed by atoms with Gasteiger partial charge >= 0.3 is 6.18 Å². The van der Waals surface area contributed by atoms with Crippen LogP contribution in [0.1, 0.15) is 15.9 Å². The zero-order chi connectivity index (χ0) is 13.2. The quantitative estimate of drug-likeness (QED) is 0.730. The van der Waals surface area contributed by atoms with Gasteiger partial charge in [0.15, 0.2) is 6.29 Å². The lowest BCUT2D eigenvalue weighted by atomic mass is 9.95. The minimum absolute atomic E-state index is 0.0210. The molecule has 0 unspecified atom stereocenters. The van der Waals surface area contributed by atoms with E-state index in [1.807, 2.05) is 0 Å². The van der Waals surface area contributed by atoms with E-state index < -0.39 is 11.7 Å². The van der Waals surface area contributed by atoms with E-state index in [9.17, 15) is 18.0 Å². The van der Waals surface area contributed by atoms with E-state index in [4.69, 9.17) is 0 Å². The first-order valence-corrected chi connectivity index (χ1v) is 5.25. The molecule has 0 atom stereocenters. The molecule has 0 amide bonds. The van der Waals surface area contributed by atoms with Crippen molar-refractivity contribution in [3.63, 3.8) is 0 Å². The fourth-order valence-electron chi connectivity index (χ4n) is 1.84. The molecule has 92 valence electrons. The van der Waals surface area contributed by atoms with Gasteiger partial charge in [0.1, 0.15) is 0 Å². The van der Waals surface area contributed by atoms with Crippen LogP contribution in [0.2, 0.25) is 0 Å². The molecule has 0 aliphatic rings. The van der Waals surface area contributed by atoms with Crippen molar-refractivity contribution in [3.8, 4) is 11.1 Å². The highest BCUT2D eigenvalue weighted by Gasteiger charge is 2.36. The first-order chi connectivity index (χ1) is 8.54. The average molecular weight is 250 g/mol. The first kappa shape index (κ1) is 12.4. The summed E-state index contributed by atoms with van der Waals surface area (Å²) < 4.78 is 39.1. The third-order valence-electron chi connectivity index (χ3n) is 2.59. The minimum atomic E-state index is -4.55. The molecular formula is C14H9F3O. The van der Waals surface area contributed by atoms with Crippen molar-refractivity contribution in [2.24, 2.45) is 0 Å². The van der Waals surface area contributed by atoms with Crippen LogP contribution in [0.5, 0.6) is 0 Å². The van der Waals surface area contributed by atoms with Gasteiger partial charge in [0.2, 0.25) is 0 Å². The summed E-state index contributed by atoms with van der Waals surface area (Å²) >= 11 is 0. The number of carbonyl (C=O) groups is 1. The summed E-state index contributed by atoms with van der Waals surface area (Å²) in [5.74, 6) is 0. The van der Waals surface area contributed by atoms with Crippen LogP contribution >= 0.6 is 0 Å². The number of aldehydes is 1. The monoisotopic (exact) mass is 250 g/mol. The molecule has 0 aliphatic carbocycles. The highest BCUT2D eigenvalue weighted by atomic mass is 19.4. The van der Waals surface area contributed by atoms with Crippen molar-refractivity contribution in [2.75, 3.05) is 0 Å². The van der Waals surface area contributed by atoms with E-state index in [1.54, 1.807) is 30.3 Å². The van der Waals surface area contributed by atoms with Crippen LogP contribution in [0.25, 0.3) is 11.1 Å². The first-order valence-electron chi connectivity index (χ1n) is 5.25. The number of hydrogen-bond donors (Lipinski definition) is 0. The van der Waals surface area contributed by atoms with Gasteiger partial charge in [-0.3, -0.25) is 4.79 Å². The van der Waals surface area contributed by atoms with E-state index in [0.717, 1.165) is 0 Å². The molecule has 0 aliphatic heterocycles. The Labute approximate surface area is 102 Å². The van der Waals surface area contributed by atoms with Gasteiger partial charge < -0.3 is 0 Å². The molecule has 4 heteroatoms. The summed E-state index contributed by atoms with van der Waals surface area (Å²) in [7, 11) is 0. The molecule has 0 saturated carbocycles. The van der Waals surface area contributed by atoms with E-state index in [0.29, 0.717) is 5.56 Å². The Balaban J connectivity index is 2.72. The van der Waals surface area contributed by atoms with Gasteiger partial charge in [-0.05, 0) is 11.1 Å². The highest BCUT2D eigenvalue weighted by Crippen LogP contribution is 2.38. The number of halogens is 3. The van der Waals surface area contributed by atoms with Crippen molar-refractivity contribution >= 4 is 6.29 Å². The number of alkyl halides is 3. The Morgan fingerprint density at radius 2 is 1.56 bits per heavy atom. The lowest BCUT2D eigenvalue weighted by molar-refractivity contribution is -0.137. The van der Waals surface area contributed by atoms with Crippen molar-refractivity contribution in [1.82, 2.24) is 0 Å². The lowest BCUT2D eigenvalue weighted by Crippen LogP contribution is -2.11. The molecule has 0 spiro atoms. The van der Waals surface area contributed by atoms with E-state index in [2.05, 4.69) is 0 Å². The summed E-state index contributed by atoms with van der Waals surface area (Å²) in [5.41, 5.74) is -0.767. The zero-order valence-corrected chi connectivity index (χ0v) is 9.24. The molecule has 18 heavy (non-hydrogen) atoms. The smallest absolute Gasteiger partial charge is 0.298 e. The summed E-state index contributed by atoms with van der Waals surface area (Å²) in [6, 6.07) is 12.2. The standard InChI is InChI=1S/C14H9F3O/c15-14(16,17)13-11(9-18)7-4-8-12(13)10-5-2-1-3-6-10/h1-9H. The number of rotatable bonds is 2. The topological polar surface area (TPSA) is 17.1 Å². The molecule has 0 aromatic heterocycles. The Bertz CT molecular complexity index is 559. The van der Waals surface area contributed by atoms with Gasteiger partial charge in [-0.15, -0.1) is 0 Å². The molecule has 0 N–H and O–H groups in total. The van der Waals surface area contributed by atoms with Crippen LogP contribution in [0.15, 0.2) is 48.5 Å². The van der Waals surface area contributed by atoms with Gasteiger partial charge in [-0.2, -0.15) is 13.2 Å². The van der Waals surface area contributed by atoms with E-state index in [-0.39, 0.29) is 17.4 Å². The fourth-order valence-corrected chi connectivity index (χ4v) is 1.84. The molecular weight excluding hydrogens is 241 g/mol. The van der Waals surface area contributed by atoms with Gasteiger partial charge in [0.05, 0.1) is 5.56 Å². The largest absolute Gasteiger partial charge is 0.417 e. The SMILES string of the molecule is O=Cc1cccc(-c2ccccc2)c1C(F)(F)F. The molecule has 2 aromatic rings. The second-order valence-electron chi connectivity index (χ2n) is 3.75. The third kappa shape index (κ3) is 2.27. The zero-order valence-electron chi connectivity index (χ0n) is 9.24. The normalized spacial score (nSPS) is 11.3. The average Bonchev–Trinajstić information content (AvgIpc) is 2.38. The van der Waals surface area contributed by atoms with Crippen LogP contribution in [0, 0.1) is 0 Å². The molecule has 2 rings (SSSR count). The van der Waals surface area contributed by atoms with Crippen molar-refractivity contribution < 1.29 is 18.0 Å². The number of benzene rings is 2. The predicted molar refractivity (Wildman–Crippen MR) is 62.3 cm³/mol. The molecule has 0 saturated heterocycles. The molecule has 2 aromatic carbocycles. The van der Waals surface area contributed by atoms with Gasteiger partial charge in [-0.25, -0.2) is 0 Å². The summed E-state index contributed by atoms with van der Waals surface area (Å²) in [6.45, 7) is 0. The maximum Gasteiger partial charge on any atom is 0.417 e. The van der Waals surface area contributed by atoms with Crippen LogP contribution in [-0.4, -0.2) is 6.29 Å². The molecule has 0 radical (unpaired) electrons. The Morgan fingerprint density at radius 3 is 2.11 bits per heavy atom. The number of carbonyl (C=O) groups excluding carboxylic acids is 1. The maximum absolute atomic E-state index is 13.0. The van der Waals surface area contributed by atoms with Crippen LogP contribution in [-0.2, 0) is 6.18 Å². The van der Waals surface area contributed by atoms with E-state index >= 15 is 0 Å². The van der Waals surface area contributed by atoms with Crippen molar-refractivity contribution in [2.45, 2.75) is 6.18 Å². The highest BCUT2D eigenvalue weighted by molar-refractivity contribution is 5.83. The molecule has 1 nitrogen and oxygen atoms in total. The molecule has 0 fully saturated rings. The Morgan fingerprint density at radius 1 is 0.889 bits per heavy atom. The maximum atomic E-state index is 13.0. The second kappa shape index (κ2) is 4.64. The van der Waals surface area contributed by atoms with Crippen molar-refractivity contribution in [1.29, 1.82) is 0 Å². The third-order valence-corrected chi connectivity index (χ3v) is 2.59. The van der Waals surface area contributed by atoms with Gasteiger partial charge in [0.25, 0.3) is 0 Å². The lowest BCUT2D eigenvalue weighted by Gasteiger charge is -2.14. The fraction of sp³-hybridized carbons (Fsp3) is 0.0714. The second-order valence-corrected chi connectivity index (χ2v) is 3.75. The van der Waals surface area contributed by atoms with Crippen LogP contribution < -0.4 is 0 Å². The Kier molecular flexibility index (Phi) is 3.19. The summed E-state index contributed by atoms with van der Waals surface area (Å²) in [4.78, 5) is 10.8. The number of hydrogen-bond acceptors (Lipinski definition) is 1. The molecule has 0 bridgehead atoms. The van der Waals surface area contributed by atoms with Gasteiger partial charge in [-0.1, -0.05) is 48.5 Å². The minimum Gasteiger partial charge on any atom is -0.298 e. The van der Waals surface area contributed by atoms with Gasteiger partial charge in [0, 0.05) is 5.56 Å². The van der Waals surface area contributed by atoms with Crippen LogP contribution in [0.3, 0.4) is 0 Å². The summed E-state index contributed by atoms with van der Waals surface area (Å²) in [5, 5.41) is 0. The molecule has 0 heterocycles. The summed E-state index contributed by atoms with van der Waals surface area (Å²) in [6.07, 6.45) is -4.32. The van der Waals surface area contributed by atoms with Crippen LogP contribution in [0.4, 0.5) is 13.2 Å². The van der Waals surface area contributed by atoms with Crippen molar-refractivity contribution in [3.05, 3.63) is 59.7 Å².